The van der Waals surface area contributed by atoms with Crippen LogP contribution in [0.15, 0.2) is 0 Å². The summed E-state index contributed by atoms with van der Waals surface area (Å²) in [5.74, 6) is -0.644. The summed E-state index contributed by atoms with van der Waals surface area (Å²) in [6, 6.07) is 0.245. The van der Waals surface area contributed by atoms with Crippen molar-refractivity contribution in [2.75, 3.05) is 0 Å². The Kier molecular flexibility index (Phi) is 2.44. The number of carbonyl (C=O) groups excluding carboxylic acids is 1. The van der Waals surface area contributed by atoms with Gasteiger partial charge in [-0.25, -0.2) is 0 Å². The van der Waals surface area contributed by atoms with E-state index in [1.807, 2.05) is 0 Å². The molecule has 0 spiro atoms. The van der Waals surface area contributed by atoms with Crippen molar-refractivity contribution in [2.24, 2.45) is 11.3 Å². The van der Waals surface area contributed by atoms with Crippen LogP contribution >= 0.6 is 0 Å². The topological polar surface area (TPSA) is 66.4 Å². The Morgan fingerprint density at radius 2 is 2.13 bits per heavy atom. The van der Waals surface area contributed by atoms with Crippen LogP contribution in [0.2, 0.25) is 0 Å². The Labute approximate surface area is 89.0 Å². The standard InChI is InChI=1S/C11H17NO3/c1-2-3-7-6-8(7)12-9(13)11(4-5-11)10(14)15/h7-8H,2-6H2,1H3,(H,12,13)(H,14,15). The van der Waals surface area contributed by atoms with Crippen LogP contribution in [0, 0.1) is 11.3 Å². The fourth-order valence-corrected chi connectivity index (χ4v) is 2.08. The Morgan fingerprint density at radius 1 is 1.47 bits per heavy atom. The molecule has 0 bridgehead atoms. The first-order valence-corrected chi connectivity index (χ1v) is 5.64. The van der Waals surface area contributed by atoms with Gasteiger partial charge in [0, 0.05) is 6.04 Å². The summed E-state index contributed by atoms with van der Waals surface area (Å²) in [5, 5.41) is 11.8. The molecule has 84 valence electrons. The van der Waals surface area contributed by atoms with E-state index in [0.717, 1.165) is 19.3 Å². The van der Waals surface area contributed by atoms with Crippen molar-refractivity contribution in [2.45, 2.75) is 45.1 Å². The minimum Gasteiger partial charge on any atom is -0.480 e. The molecule has 2 N–H and O–H groups in total. The smallest absolute Gasteiger partial charge is 0.319 e. The van der Waals surface area contributed by atoms with Gasteiger partial charge >= 0.3 is 5.97 Å². The summed E-state index contributed by atoms with van der Waals surface area (Å²) in [4.78, 5) is 22.6. The normalized spacial score (nSPS) is 30.7. The number of nitrogens with one attached hydrogen (secondary N) is 1. The second-order valence-electron chi connectivity index (χ2n) is 4.75. The van der Waals surface area contributed by atoms with E-state index in [9.17, 15) is 9.59 Å². The van der Waals surface area contributed by atoms with Gasteiger partial charge in [-0.2, -0.15) is 0 Å². The Bertz CT molecular complexity index is 296. The maximum Gasteiger partial charge on any atom is 0.319 e. The number of carboxylic acids is 1. The van der Waals surface area contributed by atoms with E-state index in [1.165, 1.54) is 0 Å². The van der Waals surface area contributed by atoms with Crippen molar-refractivity contribution in [3.8, 4) is 0 Å². The zero-order chi connectivity index (χ0) is 11.1. The van der Waals surface area contributed by atoms with Crippen LogP contribution in [-0.4, -0.2) is 23.0 Å². The number of carboxylic acid groups (broad SMARTS) is 1. The number of rotatable bonds is 5. The van der Waals surface area contributed by atoms with Crippen LogP contribution in [0.5, 0.6) is 0 Å². The average molecular weight is 211 g/mol. The zero-order valence-electron chi connectivity index (χ0n) is 8.95. The molecule has 0 aliphatic heterocycles. The summed E-state index contributed by atoms with van der Waals surface area (Å²) < 4.78 is 0. The fraction of sp³-hybridized carbons (Fsp3) is 0.818. The first-order valence-electron chi connectivity index (χ1n) is 5.64. The summed E-state index contributed by atoms with van der Waals surface area (Å²) in [7, 11) is 0. The molecular weight excluding hydrogens is 194 g/mol. The van der Waals surface area contributed by atoms with E-state index in [1.54, 1.807) is 0 Å². The number of amides is 1. The summed E-state index contributed by atoms with van der Waals surface area (Å²) in [5.41, 5.74) is -1.07. The Hall–Kier alpha value is -1.06. The highest BCUT2D eigenvalue weighted by molar-refractivity contribution is 6.05. The molecule has 2 unspecified atom stereocenters. The van der Waals surface area contributed by atoms with Gasteiger partial charge in [0.2, 0.25) is 5.91 Å². The molecule has 2 atom stereocenters. The second-order valence-corrected chi connectivity index (χ2v) is 4.75. The third-order valence-corrected chi connectivity index (χ3v) is 3.49. The lowest BCUT2D eigenvalue weighted by Gasteiger charge is -2.10. The van der Waals surface area contributed by atoms with Gasteiger partial charge in [0.05, 0.1) is 0 Å². The fourth-order valence-electron chi connectivity index (χ4n) is 2.08. The van der Waals surface area contributed by atoms with Crippen molar-refractivity contribution in [1.82, 2.24) is 5.32 Å². The largest absolute Gasteiger partial charge is 0.480 e. The molecule has 2 fully saturated rings. The number of hydrogen-bond acceptors (Lipinski definition) is 2. The van der Waals surface area contributed by atoms with Crippen LogP contribution in [-0.2, 0) is 9.59 Å². The maximum atomic E-state index is 11.7. The minimum atomic E-state index is -1.07. The molecule has 2 rings (SSSR count). The van der Waals surface area contributed by atoms with Crippen molar-refractivity contribution in [3.63, 3.8) is 0 Å². The van der Waals surface area contributed by atoms with Crippen molar-refractivity contribution in [1.29, 1.82) is 0 Å². The number of hydrogen-bond donors (Lipinski definition) is 2. The van der Waals surface area contributed by atoms with Gasteiger partial charge in [0.1, 0.15) is 5.41 Å². The van der Waals surface area contributed by atoms with Crippen LogP contribution in [0.4, 0.5) is 0 Å². The van der Waals surface area contributed by atoms with Crippen LogP contribution in [0.1, 0.15) is 39.0 Å². The van der Waals surface area contributed by atoms with Crippen molar-refractivity contribution < 1.29 is 14.7 Å². The Balaban J connectivity index is 1.82. The lowest BCUT2D eigenvalue weighted by Crippen LogP contribution is -2.38. The predicted octanol–water partition coefficient (Wildman–Crippen LogP) is 1.16. The first kappa shape index (κ1) is 10.5. The lowest BCUT2D eigenvalue weighted by molar-refractivity contribution is -0.149. The molecule has 1 amide bonds. The molecule has 0 aromatic carbocycles. The van der Waals surface area contributed by atoms with E-state index in [2.05, 4.69) is 12.2 Å². The van der Waals surface area contributed by atoms with Gasteiger partial charge in [0.25, 0.3) is 0 Å². The number of aliphatic carboxylic acids is 1. The van der Waals surface area contributed by atoms with Crippen molar-refractivity contribution in [3.05, 3.63) is 0 Å². The third-order valence-electron chi connectivity index (χ3n) is 3.49. The predicted molar refractivity (Wildman–Crippen MR) is 54.2 cm³/mol. The quantitative estimate of drug-likeness (QED) is 0.670. The highest BCUT2D eigenvalue weighted by Gasteiger charge is 2.58. The van der Waals surface area contributed by atoms with Crippen LogP contribution in [0.25, 0.3) is 0 Å². The summed E-state index contributed by atoms with van der Waals surface area (Å²) >= 11 is 0. The lowest BCUT2D eigenvalue weighted by atomic mass is 10.1. The van der Waals surface area contributed by atoms with E-state index in [0.29, 0.717) is 18.8 Å². The first-order chi connectivity index (χ1) is 7.10. The van der Waals surface area contributed by atoms with E-state index >= 15 is 0 Å². The maximum absolute atomic E-state index is 11.7. The molecule has 0 saturated heterocycles. The van der Waals surface area contributed by atoms with Gasteiger partial charge in [-0.15, -0.1) is 0 Å². The molecule has 4 nitrogen and oxygen atoms in total. The molecule has 2 aliphatic carbocycles. The molecule has 2 aliphatic rings. The molecule has 0 aromatic heterocycles. The molecule has 2 saturated carbocycles. The molecule has 0 aromatic rings. The second kappa shape index (κ2) is 3.51. The van der Waals surface area contributed by atoms with Gasteiger partial charge < -0.3 is 10.4 Å². The SMILES string of the molecule is CCCC1CC1NC(=O)C1(C(=O)O)CC1. The van der Waals surface area contributed by atoms with Gasteiger partial charge in [-0.05, 0) is 31.6 Å². The average Bonchev–Trinajstić information content (AvgIpc) is 2.99. The Morgan fingerprint density at radius 3 is 2.60 bits per heavy atom. The van der Waals surface area contributed by atoms with Crippen LogP contribution in [0.3, 0.4) is 0 Å². The zero-order valence-corrected chi connectivity index (χ0v) is 8.95. The molecule has 0 radical (unpaired) electrons. The van der Waals surface area contributed by atoms with Crippen LogP contribution < -0.4 is 5.32 Å². The van der Waals surface area contributed by atoms with E-state index in [4.69, 9.17) is 5.11 Å². The monoisotopic (exact) mass is 211 g/mol. The molecule has 0 heterocycles. The van der Waals surface area contributed by atoms with E-state index in [-0.39, 0.29) is 11.9 Å². The van der Waals surface area contributed by atoms with Gasteiger partial charge in [-0.3, -0.25) is 9.59 Å². The highest BCUT2D eigenvalue weighted by atomic mass is 16.4. The number of carbonyl (C=O) groups is 2. The molecule has 15 heavy (non-hydrogen) atoms. The molecule has 4 heteroatoms. The molecular formula is C11H17NO3. The highest BCUT2D eigenvalue weighted by Crippen LogP contribution is 2.47. The van der Waals surface area contributed by atoms with Crippen molar-refractivity contribution >= 4 is 11.9 Å². The van der Waals surface area contributed by atoms with Gasteiger partial charge in [0.15, 0.2) is 0 Å². The summed E-state index contributed by atoms with van der Waals surface area (Å²) in [6.07, 6.45) is 4.28. The summed E-state index contributed by atoms with van der Waals surface area (Å²) in [6.45, 7) is 2.12. The minimum absolute atomic E-state index is 0.245. The van der Waals surface area contributed by atoms with E-state index < -0.39 is 11.4 Å². The third kappa shape index (κ3) is 1.85. The van der Waals surface area contributed by atoms with Gasteiger partial charge in [-0.1, -0.05) is 13.3 Å².